The SMILES string of the molecule is OCc1ccnc(-c2ccc(O)cc2)n1. The van der Waals surface area contributed by atoms with Crippen molar-refractivity contribution in [1.29, 1.82) is 0 Å². The molecule has 0 radical (unpaired) electrons. The van der Waals surface area contributed by atoms with Crippen molar-refractivity contribution < 1.29 is 10.2 Å². The summed E-state index contributed by atoms with van der Waals surface area (Å²) in [5, 5.41) is 18.0. The lowest BCUT2D eigenvalue weighted by Crippen LogP contribution is -1.94. The number of phenols is 1. The van der Waals surface area contributed by atoms with E-state index in [1.165, 1.54) is 0 Å². The summed E-state index contributed by atoms with van der Waals surface area (Å²) in [4.78, 5) is 8.23. The van der Waals surface area contributed by atoms with E-state index in [2.05, 4.69) is 9.97 Å². The molecule has 4 nitrogen and oxygen atoms in total. The van der Waals surface area contributed by atoms with E-state index in [9.17, 15) is 0 Å². The van der Waals surface area contributed by atoms with Crippen LogP contribution in [0.25, 0.3) is 11.4 Å². The van der Waals surface area contributed by atoms with Gasteiger partial charge in [0, 0.05) is 11.8 Å². The zero-order valence-corrected chi connectivity index (χ0v) is 7.96. The van der Waals surface area contributed by atoms with Gasteiger partial charge in [0.2, 0.25) is 0 Å². The maximum Gasteiger partial charge on any atom is 0.159 e. The average Bonchev–Trinajstić information content (AvgIpc) is 2.30. The fraction of sp³-hybridized carbons (Fsp3) is 0.0909. The molecule has 1 aromatic heterocycles. The highest BCUT2D eigenvalue weighted by molar-refractivity contribution is 5.55. The highest BCUT2D eigenvalue weighted by Gasteiger charge is 2.01. The Bertz CT molecular complexity index is 454. The molecule has 2 rings (SSSR count). The van der Waals surface area contributed by atoms with Crippen molar-refractivity contribution in [2.24, 2.45) is 0 Å². The molecule has 0 aliphatic rings. The third-order valence-electron chi connectivity index (χ3n) is 2.00. The predicted molar refractivity (Wildman–Crippen MR) is 55.1 cm³/mol. The van der Waals surface area contributed by atoms with Gasteiger partial charge < -0.3 is 10.2 Å². The van der Waals surface area contributed by atoms with E-state index in [1.807, 2.05) is 0 Å². The Balaban J connectivity index is 2.40. The number of phenolic OH excluding ortho intramolecular Hbond substituents is 1. The number of rotatable bonds is 2. The first-order valence-electron chi connectivity index (χ1n) is 4.52. The number of hydrogen-bond acceptors (Lipinski definition) is 4. The van der Waals surface area contributed by atoms with Crippen LogP contribution in [-0.4, -0.2) is 20.2 Å². The van der Waals surface area contributed by atoms with Crippen LogP contribution < -0.4 is 0 Å². The van der Waals surface area contributed by atoms with Crippen molar-refractivity contribution in [3.8, 4) is 17.1 Å². The Morgan fingerprint density at radius 2 is 1.80 bits per heavy atom. The quantitative estimate of drug-likeness (QED) is 0.771. The molecule has 0 saturated carbocycles. The van der Waals surface area contributed by atoms with Crippen molar-refractivity contribution in [3.63, 3.8) is 0 Å². The summed E-state index contributed by atoms with van der Waals surface area (Å²) in [7, 11) is 0. The molecule has 1 aromatic carbocycles. The van der Waals surface area contributed by atoms with Gasteiger partial charge in [-0.05, 0) is 30.3 Å². The first-order valence-corrected chi connectivity index (χ1v) is 4.52. The van der Waals surface area contributed by atoms with Gasteiger partial charge in [-0.1, -0.05) is 0 Å². The van der Waals surface area contributed by atoms with Crippen LogP contribution in [0.2, 0.25) is 0 Å². The number of nitrogens with zero attached hydrogens (tertiary/aromatic N) is 2. The Morgan fingerprint density at radius 1 is 1.07 bits per heavy atom. The smallest absolute Gasteiger partial charge is 0.159 e. The fourth-order valence-corrected chi connectivity index (χ4v) is 1.23. The summed E-state index contributed by atoms with van der Waals surface area (Å²) in [6.45, 7) is -0.104. The van der Waals surface area contributed by atoms with Gasteiger partial charge in [0.15, 0.2) is 5.82 Å². The van der Waals surface area contributed by atoms with Crippen molar-refractivity contribution >= 4 is 0 Å². The van der Waals surface area contributed by atoms with E-state index in [0.29, 0.717) is 11.5 Å². The molecular weight excluding hydrogens is 192 g/mol. The molecule has 0 saturated heterocycles. The zero-order valence-electron chi connectivity index (χ0n) is 7.96. The molecule has 0 aliphatic carbocycles. The van der Waals surface area contributed by atoms with Gasteiger partial charge in [0.25, 0.3) is 0 Å². The van der Waals surface area contributed by atoms with Crippen LogP contribution >= 0.6 is 0 Å². The van der Waals surface area contributed by atoms with Crippen LogP contribution in [0.5, 0.6) is 5.75 Å². The van der Waals surface area contributed by atoms with Gasteiger partial charge in [-0.15, -0.1) is 0 Å². The van der Waals surface area contributed by atoms with Crippen molar-refractivity contribution in [2.45, 2.75) is 6.61 Å². The van der Waals surface area contributed by atoms with Crippen molar-refractivity contribution in [2.75, 3.05) is 0 Å². The van der Waals surface area contributed by atoms with Gasteiger partial charge in [-0.2, -0.15) is 0 Å². The molecule has 1 heterocycles. The maximum atomic E-state index is 9.12. The molecule has 15 heavy (non-hydrogen) atoms. The molecule has 0 fully saturated rings. The van der Waals surface area contributed by atoms with E-state index in [-0.39, 0.29) is 12.4 Å². The minimum atomic E-state index is -0.104. The highest BCUT2D eigenvalue weighted by atomic mass is 16.3. The minimum absolute atomic E-state index is 0.104. The predicted octanol–water partition coefficient (Wildman–Crippen LogP) is 1.34. The summed E-state index contributed by atoms with van der Waals surface area (Å²) in [6.07, 6.45) is 1.60. The van der Waals surface area contributed by atoms with Crippen LogP contribution in [0, 0.1) is 0 Å². The fourth-order valence-electron chi connectivity index (χ4n) is 1.23. The van der Waals surface area contributed by atoms with Gasteiger partial charge in [0.05, 0.1) is 12.3 Å². The second-order valence-electron chi connectivity index (χ2n) is 3.08. The number of hydrogen-bond donors (Lipinski definition) is 2. The highest BCUT2D eigenvalue weighted by Crippen LogP contribution is 2.18. The van der Waals surface area contributed by atoms with Crippen LogP contribution in [-0.2, 0) is 6.61 Å². The Kier molecular flexibility index (Phi) is 2.60. The van der Waals surface area contributed by atoms with Crippen molar-refractivity contribution in [3.05, 3.63) is 42.2 Å². The number of aromatic nitrogens is 2. The Hall–Kier alpha value is -1.94. The van der Waals surface area contributed by atoms with Crippen LogP contribution in [0.1, 0.15) is 5.69 Å². The largest absolute Gasteiger partial charge is 0.508 e. The zero-order chi connectivity index (χ0) is 10.7. The number of aliphatic hydroxyl groups is 1. The summed E-state index contributed by atoms with van der Waals surface area (Å²) < 4.78 is 0. The molecule has 0 atom stereocenters. The van der Waals surface area contributed by atoms with E-state index in [4.69, 9.17) is 10.2 Å². The average molecular weight is 202 g/mol. The third-order valence-corrected chi connectivity index (χ3v) is 2.00. The van der Waals surface area contributed by atoms with Crippen LogP contribution in [0.3, 0.4) is 0 Å². The number of aliphatic hydroxyl groups excluding tert-OH is 1. The molecule has 0 unspecified atom stereocenters. The van der Waals surface area contributed by atoms with Crippen LogP contribution in [0.4, 0.5) is 0 Å². The lowest BCUT2D eigenvalue weighted by Gasteiger charge is -2.01. The van der Waals surface area contributed by atoms with E-state index >= 15 is 0 Å². The van der Waals surface area contributed by atoms with Gasteiger partial charge in [-0.25, -0.2) is 9.97 Å². The molecule has 0 aliphatic heterocycles. The summed E-state index contributed by atoms with van der Waals surface area (Å²) in [5.74, 6) is 0.749. The molecule has 76 valence electrons. The molecule has 0 bridgehead atoms. The molecular formula is C11H10N2O2. The molecule has 0 spiro atoms. The van der Waals surface area contributed by atoms with E-state index < -0.39 is 0 Å². The maximum absolute atomic E-state index is 9.12. The summed E-state index contributed by atoms with van der Waals surface area (Å²) >= 11 is 0. The third kappa shape index (κ3) is 2.11. The molecule has 4 heteroatoms. The van der Waals surface area contributed by atoms with Gasteiger partial charge >= 0.3 is 0 Å². The Morgan fingerprint density at radius 3 is 2.47 bits per heavy atom. The van der Waals surface area contributed by atoms with Crippen LogP contribution in [0.15, 0.2) is 36.5 Å². The molecule has 2 aromatic rings. The molecule has 0 amide bonds. The number of aromatic hydroxyl groups is 1. The lowest BCUT2D eigenvalue weighted by atomic mass is 10.2. The van der Waals surface area contributed by atoms with E-state index in [1.54, 1.807) is 36.5 Å². The standard InChI is InChI=1S/C11H10N2O2/c14-7-9-5-6-12-11(13-9)8-1-3-10(15)4-2-8/h1-6,14-15H,7H2. The second kappa shape index (κ2) is 4.06. The Labute approximate surface area is 86.9 Å². The second-order valence-corrected chi connectivity index (χ2v) is 3.08. The van der Waals surface area contributed by atoms with Crippen molar-refractivity contribution in [1.82, 2.24) is 9.97 Å². The van der Waals surface area contributed by atoms with E-state index in [0.717, 1.165) is 5.56 Å². The molecule has 2 N–H and O–H groups in total. The summed E-state index contributed by atoms with van der Waals surface area (Å²) in [6, 6.07) is 8.26. The minimum Gasteiger partial charge on any atom is -0.508 e. The normalized spacial score (nSPS) is 10.2. The van der Waals surface area contributed by atoms with Gasteiger partial charge in [-0.3, -0.25) is 0 Å². The first kappa shape index (κ1) is 9.61. The topological polar surface area (TPSA) is 66.2 Å². The number of benzene rings is 1. The monoisotopic (exact) mass is 202 g/mol. The lowest BCUT2D eigenvalue weighted by molar-refractivity contribution is 0.277. The van der Waals surface area contributed by atoms with Gasteiger partial charge in [0.1, 0.15) is 5.75 Å². The first-order chi connectivity index (χ1) is 7.29. The summed E-state index contributed by atoms with van der Waals surface area (Å²) in [5.41, 5.74) is 1.39.